The van der Waals surface area contributed by atoms with Crippen LogP contribution in [0.15, 0.2) is 18.2 Å². The summed E-state index contributed by atoms with van der Waals surface area (Å²) in [6, 6.07) is 4.58. The Bertz CT molecular complexity index is 655. The molecule has 2 rings (SSSR count). The molecule has 0 aliphatic carbocycles. The fraction of sp³-hybridized carbons (Fsp3) is 0.400. The molecule has 1 aromatic carbocycles. The molecule has 0 atom stereocenters. The van der Waals surface area contributed by atoms with Gasteiger partial charge in [-0.2, -0.15) is 10.3 Å². The smallest absolute Gasteiger partial charge is 0.361 e. The van der Waals surface area contributed by atoms with E-state index < -0.39 is 11.8 Å². The number of nitrogens with one attached hydrogen (secondary N) is 1. The van der Waals surface area contributed by atoms with Crippen LogP contribution in [0.3, 0.4) is 0 Å². The Kier molecular flexibility index (Phi) is 5.21. The van der Waals surface area contributed by atoms with Crippen molar-refractivity contribution in [3.8, 4) is 11.3 Å². The highest BCUT2D eigenvalue weighted by atomic mass is 19.1. The predicted octanol–water partition coefficient (Wildman–Crippen LogP) is 2.71. The topological polar surface area (TPSA) is 77.1 Å². The first kappa shape index (κ1) is 16.1. The zero-order valence-electron chi connectivity index (χ0n) is 12.7. The van der Waals surface area contributed by atoms with Crippen LogP contribution in [0.4, 0.5) is 4.39 Å². The Morgan fingerprint density at radius 1 is 1.36 bits per heavy atom. The van der Waals surface area contributed by atoms with Gasteiger partial charge < -0.3 is 9.47 Å². The van der Waals surface area contributed by atoms with Crippen molar-refractivity contribution in [2.45, 2.75) is 33.5 Å². The third-order valence-corrected chi connectivity index (χ3v) is 2.92. The number of ether oxygens (including phenoxy) is 2. The van der Waals surface area contributed by atoms with E-state index in [1.807, 2.05) is 13.8 Å². The molecule has 0 bridgehead atoms. The van der Waals surface area contributed by atoms with Gasteiger partial charge in [0.1, 0.15) is 11.5 Å². The summed E-state index contributed by atoms with van der Waals surface area (Å²) in [5, 5.41) is 10.0. The molecule has 0 unspecified atom stereocenters. The van der Waals surface area contributed by atoms with Crippen molar-refractivity contribution in [2.75, 3.05) is 6.61 Å². The number of benzene rings is 1. The van der Waals surface area contributed by atoms with Gasteiger partial charge in [-0.05, 0) is 26.8 Å². The lowest BCUT2D eigenvalue weighted by Crippen LogP contribution is -2.07. The Hall–Kier alpha value is -2.28. The van der Waals surface area contributed by atoms with Gasteiger partial charge in [0.25, 0.3) is 0 Å². The average molecular weight is 307 g/mol. The van der Waals surface area contributed by atoms with Crippen molar-refractivity contribution in [1.29, 1.82) is 0 Å². The molecule has 1 aromatic heterocycles. The standard InChI is InChI=1S/C15H18FN3O3/c1-4-21-15(20)14-13(17-19-18-14)10-5-6-11(12(16)7-10)8-22-9(2)3/h5-7,9H,4,8H2,1-3H3,(H,17,18,19). The highest BCUT2D eigenvalue weighted by Gasteiger charge is 2.19. The second-order valence-corrected chi connectivity index (χ2v) is 4.91. The second kappa shape index (κ2) is 7.13. The summed E-state index contributed by atoms with van der Waals surface area (Å²) in [6.45, 7) is 5.87. The van der Waals surface area contributed by atoms with E-state index in [-0.39, 0.29) is 30.7 Å². The van der Waals surface area contributed by atoms with Crippen LogP contribution in [0.5, 0.6) is 0 Å². The van der Waals surface area contributed by atoms with Gasteiger partial charge >= 0.3 is 5.97 Å². The summed E-state index contributed by atoms with van der Waals surface area (Å²) < 4.78 is 24.4. The van der Waals surface area contributed by atoms with Gasteiger partial charge in [0, 0.05) is 11.1 Å². The summed E-state index contributed by atoms with van der Waals surface area (Å²) in [5.41, 5.74) is 1.18. The summed E-state index contributed by atoms with van der Waals surface area (Å²) in [5.74, 6) is -1.02. The van der Waals surface area contributed by atoms with E-state index in [9.17, 15) is 9.18 Å². The van der Waals surface area contributed by atoms with Gasteiger partial charge in [0.15, 0.2) is 5.69 Å². The molecule has 22 heavy (non-hydrogen) atoms. The number of nitrogens with zero attached hydrogens (tertiary/aromatic N) is 2. The van der Waals surface area contributed by atoms with Crippen molar-refractivity contribution >= 4 is 5.97 Å². The lowest BCUT2D eigenvalue weighted by molar-refractivity contribution is 0.0520. The van der Waals surface area contributed by atoms with E-state index >= 15 is 0 Å². The van der Waals surface area contributed by atoms with E-state index in [4.69, 9.17) is 9.47 Å². The van der Waals surface area contributed by atoms with Crippen LogP contribution < -0.4 is 0 Å². The minimum absolute atomic E-state index is 0.0185. The number of carbonyl (C=O) groups is 1. The molecule has 0 radical (unpaired) electrons. The average Bonchev–Trinajstić information content (AvgIpc) is 2.95. The molecule has 1 N–H and O–H groups in total. The van der Waals surface area contributed by atoms with E-state index in [2.05, 4.69) is 15.4 Å². The minimum Gasteiger partial charge on any atom is -0.461 e. The maximum Gasteiger partial charge on any atom is 0.361 e. The first-order valence-corrected chi connectivity index (χ1v) is 7.01. The number of aromatic nitrogens is 3. The number of hydrogen-bond acceptors (Lipinski definition) is 5. The molecule has 0 amide bonds. The number of carbonyl (C=O) groups excluding carboxylic acids is 1. The molecule has 0 aliphatic rings. The second-order valence-electron chi connectivity index (χ2n) is 4.91. The summed E-state index contributed by atoms with van der Waals surface area (Å²) in [7, 11) is 0. The van der Waals surface area contributed by atoms with E-state index in [1.165, 1.54) is 6.07 Å². The maximum absolute atomic E-state index is 14.1. The quantitative estimate of drug-likeness (QED) is 0.830. The van der Waals surface area contributed by atoms with E-state index in [0.29, 0.717) is 11.1 Å². The molecule has 1 heterocycles. The van der Waals surface area contributed by atoms with Crippen molar-refractivity contribution < 1.29 is 18.7 Å². The van der Waals surface area contributed by atoms with E-state index in [0.717, 1.165) is 0 Å². The number of halogens is 1. The van der Waals surface area contributed by atoms with Crippen molar-refractivity contribution in [3.05, 3.63) is 35.3 Å². The number of H-pyrrole nitrogens is 1. The van der Waals surface area contributed by atoms with Crippen molar-refractivity contribution in [3.63, 3.8) is 0 Å². The summed E-state index contributed by atoms with van der Waals surface area (Å²) in [4.78, 5) is 11.8. The summed E-state index contributed by atoms with van der Waals surface area (Å²) in [6.07, 6.45) is 0.0185. The van der Waals surface area contributed by atoms with Crippen molar-refractivity contribution in [1.82, 2.24) is 15.4 Å². The monoisotopic (exact) mass is 307 g/mol. The molecule has 2 aromatic rings. The van der Waals surface area contributed by atoms with Gasteiger partial charge in [-0.3, -0.25) is 0 Å². The van der Waals surface area contributed by atoms with Crippen LogP contribution in [0, 0.1) is 5.82 Å². The van der Waals surface area contributed by atoms with Gasteiger partial charge in [-0.15, -0.1) is 5.10 Å². The van der Waals surface area contributed by atoms with Gasteiger partial charge in [0.2, 0.25) is 0 Å². The Morgan fingerprint density at radius 3 is 2.77 bits per heavy atom. The van der Waals surface area contributed by atoms with Crippen LogP contribution in [0.1, 0.15) is 36.8 Å². The fourth-order valence-corrected chi connectivity index (χ4v) is 1.84. The van der Waals surface area contributed by atoms with Crippen LogP contribution >= 0.6 is 0 Å². The van der Waals surface area contributed by atoms with Gasteiger partial charge in [-0.25, -0.2) is 9.18 Å². The molecule has 6 nitrogen and oxygen atoms in total. The Morgan fingerprint density at radius 2 is 2.14 bits per heavy atom. The highest BCUT2D eigenvalue weighted by Crippen LogP contribution is 2.23. The molecule has 0 saturated carbocycles. The third kappa shape index (κ3) is 3.67. The Balaban J connectivity index is 2.25. The normalized spacial score (nSPS) is 11.0. The van der Waals surface area contributed by atoms with Crippen LogP contribution in [-0.2, 0) is 16.1 Å². The van der Waals surface area contributed by atoms with Crippen molar-refractivity contribution in [2.24, 2.45) is 0 Å². The third-order valence-electron chi connectivity index (χ3n) is 2.92. The molecule has 0 spiro atoms. The zero-order chi connectivity index (χ0) is 16.1. The SMILES string of the molecule is CCOC(=O)c1n[nH]nc1-c1ccc(COC(C)C)c(F)c1. The Labute approximate surface area is 127 Å². The predicted molar refractivity (Wildman–Crippen MR) is 77.7 cm³/mol. The highest BCUT2D eigenvalue weighted by molar-refractivity contribution is 5.93. The molecule has 7 heteroatoms. The lowest BCUT2D eigenvalue weighted by atomic mass is 10.1. The van der Waals surface area contributed by atoms with Crippen LogP contribution in [0.2, 0.25) is 0 Å². The zero-order valence-corrected chi connectivity index (χ0v) is 12.7. The molecular weight excluding hydrogens is 289 g/mol. The maximum atomic E-state index is 14.1. The van der Waals surface area contributed by atoms with Crippen LogP contribution in [-0.4, -0.2) is 34.1 Å². The first-order valence-electron chi connectivity index (χ1n) is 7.01. The van der Waals surface area contributed by atoms with E-state index in [1.54, 1.807) is 19.1 Å². The van der Waals surface area contributed by atoms with Gasteiger partial charge in [-0.1, -0.05) is 12.1 Å². The molecule has 118 valence electrons. The number of hydrogen-bond donors (Lipinski definition) is 1. The summed E-state index contributed by atoms with van der Waals surface area (Å²) >= 11 is 0. The number of esters is 1. The fourth-order valence-electron chi connectivity index (χ4n) is 1.84. The molecular formula is C15H18FN3O3. The number of rotatable bonds is 6. The lowest BCUT2D eigenvalue weighted by Gasteiger charge is -2.09. The molecule has 0 aliphatic heterocycles. The van der Waals surface area contributed by atoms with Crippen LogP contribution in [0.25, 0.3) is 11.3 Å². The first-order chi connectivity index (χ1) is 10.5. The minimum atomic E-state index is -0.598. The molecule has 0 fully saturated rings. The molecule has 0 saturated heterocycles. The largest absolute Gasteiger partial charge is 0.461 e. The van der Waals surface area contributed by atoms with Gasteiger partial charge in [0.05, 0.1) is 19.3 Å². The number of aromatic amines is 1.